The average molecular weight is 399 g/mol. The number of H-pyrrole nitrogens is 1. The lowest BCUT2D eigenvalue weighted by Crippen LogP contribution is -2.21. The number of carbonyl (C=O) groups excluding carboxylic acids is 1. The van der Waals surface area contributed by atoms with Crippen LogP contribution in [-0.2, 0) is 6.54 Å². The van der Waals surface area contributed by atoms with Crippen molar-refractivity contribution >= 4 is 24.3 Å². The highest BCUT2D eigenvalue weighted by atomic mass is 32.1. The number of aromatic nitrogens is 3. The zero-order valence-electron chi connectivity index (χ0n) is 15.2. The highest BCUT2D eigenvalue weighted by molar-refractivity contribution is 7.71. The van der Waals surface area contributed by atoms with Gasteiger partial charge < -0.3 is 5.11 Å². The summed E-state index contributed by atoms with van der Waals surface area (Å²) in [5.41, 5.74) is 3.38. The van der Waals surface area contributed by atoms with Gasteiger partial charge in [-0.2, -0.15) is 5.10 Å². The Bertz CT molecular complexity index is 1020. The Hall–Kier alpha value is -3.07. The van der Waals surface area contributed by atoms with Gasteiger partial charge in [0, 0.05) is 24.5 Å². The first-order valence-electron chi connectivity index (χ1n) is 9.03. The topological polar surface area (TPSA) is 112 Å². The fourth-order valence-corrected chi connectivity index (χ4v) is 3.28. The third kappa shape index (κ3) is 4.80. The van der Waals surface area contributed by atoms with E-state index in [4.69, 9.17) is 12.2 Å². The minimum atomic E-state index is -0.572. The predicted molar refractivity (Wildman–Crippen MR) is 108 cm³/mol. The van der Waals surface area contributed by atoms with E-state index in [1.807, 2.05) is 0 Å². The molecule has 28 heavy (non-hydrogen) atoms. The second kappa shape index (κ2) is 9.23. The number of hydrazone groups is 1. The van der Waals surface area contributed by atoms with Crippen molar-refractivity contribution in [1.82, 2.24) is 20.0 Å². The number of hydrogen-bond acceptors (Lipinski definition) is 6. The fraction of sp³-hybridized carbons (Fsp3) is 0.316. The molecule has 1 aliphatic carbocycles. The molecule has 0 aliphatic heterocycles. The van der Waals surface area contributed by atoms with E-state index in [0.29, 0.717) is 12.1 Å². The number of hydrogen-bond donors (Lipinski definition) is 3. The minimum absolute atomic E-state index is 0.0683. The summed E-state index contributed by atoms with van der Waals surface area (Å²) in [6.45, 7) is 0.456. The first kappa shape index (κ1) is 19.7. The van der Waals surface area contributed by atoms with Crippen LogP contribution in [0, 0.1) is 4.77 Å². The highest BCUT2D eigenvalue weighted by Gasteiger charge is 2.12. The standard InChI is InChI=1S/C19H21N5O3S/c25-16(14-6-9-20-10-7-14)23-21-12-15-17(26)22-19(28)24(18(15)27)11-8-13-4-2-1-3-5-13/h4,6-7,9-10,12,27H,1-3,5,8,11H2,(H,23,25)(H,22,26,28). The van der Waals surface area contributed by atoms with Crippen molar-refractivity contribution in [2.24, 2.45) is 5.10 Å². The lowest BCUT2D eigenvalue weighted by molar-refractivity contribution is 0.0955. The Morgan fingerprint density at radius 2 is 2.18 bits per heavy atom. The second-order valence-corrected chi connectivity index (χ2v) is 6.83. The summed E-state index contributed by atoms with van der Waals surface area (Å²) in [5, 5.41) is 14.3. The van der Waals surface area contributed by atoms with E-state index in [2.05, 4.69) is 26.6 Å². The first-order valence-corrected chi connectivity index (χ1v) is 9.44. The van der Waals surface area contributed by atoms with Crippen LogP contribution in [0.25, 0.3) is 0 Å². The van der Waals surface area contributed by atoms with Gasteiger partial charge in [-0.1, -0.05) is 11.6 Å². The number of aromatic hydroxyl groups is 1. The molecule has 0 spiro atoms. The Balaban J connectivity index is 1.75. The molecule has 0 aromatic carbocycles. The van der Waals surface area contributed by atoms with E-state index >= 15 is 0 Å². The molecule has 0 saturated heterocycles. The molecule has 0 bridgehead atoms. The molecule has 0 atom stereocenters. The summed E-state index contributed by atoms with van der Waals surface area (Å²) in [6.07, 6.45) is 11.6. The maximum absolute atomic E-state index is 12.1. The van der Waals surface area contributed by atoms with Gasteiger partial charge in [-0.3, -0.25) is 24.1 Å². The summed E-state index contributed by atoms with van der Waals surface area (Å²) in [5.74, 6) is -0.723. The zero-order valence-corrected chi connectivity index (χ0v) is 16.0. The summed E-state index contributed by atoms with van der Waals surface area (Å²) < 4.78 is 1.62. The van der Waals surface area contributed by atoms with Crippen molar-refractivity contribution in [3.05, 3.63) is 62.4 Å². The molecule has 0 unspecified atom stereocenters. The van der Waals surface area contributed by atoms with Crippen LogP contribution >= 0.6 is 12.2 Å². The highest BCUT2D eigenvalue weighted by Crippen LogP contribution is 2.22. The van der Waals surface area contributed by atoms with Crippen molar-refractivity contribution in [3.8, 4) is 5.88 Å². The Labute approximate surface area is 166 Å². The number of amides is 1. The van der Waals surface area contributed by atoms with Gasteiger partial charge in [0.1, 0.15) is 5.56 Å². The molecule has 3 N–H and O–H groups in total. The van der Waals surface area contributed by atoms with Crippen molar-refractivity contribution in [1.29, 1.82) is 0 Å². The van der Waals surface area contributed by atoms with Gasteiger partial charge >= 0.3 is 0 Å². The molecule has 8 nitrogen and oxygen atoms in total. The minimum Gasteiger partial charge on any atom is -0.494 e. The monoisotopic (exact) mass is 399 g/mol. The molecule has 3 rings (SSSR count). The number of pyridine rings is 1. The molecule has 146 valence electrons. The summed E-state index contributed by atoms with van der Waals surface area (Å²) in [6, 6.07) is 3.07. The largest absolute Gasteiger partial charge is 0.494 e. The molecule has 2 aromatic rings. The lowest BCUT2D eigenvalue weighted by atomic mass is 9.97. The molecular formula is C19H21N5O3S. The molecule has 1 amide bonds. The van der Waals surface area contributed by atoms with Crippen LogP contribution in [0.5, 0.6) is 5.88 Å². The Morgan fingerprint density at radius 3 is 2.89 bits per heavy atom. The summed E-state index contributed by atoms with van der Waals surface area (Å²) in [4.78, 5) is 30.5. The van der Waals surface area contributed by atoms with Crippen LogP contribution in [0.15, 0.2) is 46.1 Å². The van der Waals surface area contributed by atoms with Crippen LogP contribution in [0.2, 0.25) is 0 Å². The fourth-order valence-electron chi connectivity index (χ4n) is 3.01. The maximum Gasteiger partial charge on any atom is 0.271 e. The van der Waals surface area contributed by atoms with Crippen molar-refractivity contribution < 1.29 is 9.90 Å². The van der Waals surface area contributed by atoms with E-state index < -0.39 is 11.5 Å². The van der Waals surface area contributed by atoms with Gasteiger partial charge in [0.15, 0.2) is 4.77 Å². The van der Waals surface area contributed by atoms with Crippen LogP contribution in [0.4, 0.5) is 0 Å². The molecule has 2 heterocycles. The summed E-state index contributed by atoms with van der Waals surface area (Å²) >= 11 is 5.18. The molecule has 0 radical (unpaired) electrons. The quantitative estimate of drug-likeness (QED) is 0.299. The van der Waals surface area contributed by atoms with Crippen LogP contribution in [-0.4, -0.2) is 31.8 Å². The van der Waals surface area contributed by atoms with Gasteiger partial charge in [-0.15, -0.1) is 0 Å². The molecule has 1 aliphatic rings. The molecule has 9 heteroatoms. The van der Waals surface area contributed by atoms with Gasteiger partial charge in [-0.25, -0.2) is 5.43 Å². The number of nitrogens with zero attached hydrogens (tertiary/aromatic N) is 3. The predicted octanol–water partition coefficient (Wildman–Crippen LogP) is 2.66. The maximum atomic E-state index is 12.1. The van der Waals surface area contributed by atoms with Crippen molar-refractivity contribution in [3.63, 3.8) is 0 Å². The first-order chi connectivity index (χ1) is 13.6. The molecule has 0 fully saturated rings. The van der Waals surface area contributed by atoms with E-state index in [0.717, 1.165) is 25.5 Å². The molecule has 0 saturated carbocycles. The Morgan fingerprint density at radius 1 is 1.39 bits per heavy atom. The van der Waals surface area contributed by atoms with E-state index in [9.17, 15) is 14.7 Å². The van der Waals surface area contributed by atoms with Crippen molar-refractivity contribution in [2.75, 3.05) is 0 Å². The number of nitrogens with one attached hydrogen (secondary N) is 2. The smallest absolute Gasteiger partial charge is 0.271 e. The van der Waals surface area contributed by atoms with Gasteiger partial charge in [0.05, 0.1) is 6.21 Å². The van der Waals surface area contributed by atoms with Crippen LogP contribution in [0.1, 0.15) is 48.0 Å². The SMILES string of the molecule is O=C(NN=Cc1c(O)n(CCC2=CCCCC2)c(=S)[nH]c1=O)c1ccncc1. The van der Waals surface area contributed by atoms with Gasteiger partial charge in [-0.05, 0) is 56.5 Å². The molecule has 2 aromatic heterocycles. The van der Waals surface area contributed by atoms with Crippen molar-refractivity contribution in [2.45, 2.75) is 38.6 Å². The third-order valence-corrected chi connectivity index (χ3v) is 4.87. The van der Waals surface area contributed by atoms with Gasteiger partial charge in [0.2, 0.25) is 5.88 Å². The van der Waals surface area contributed by atoms with E-state index in [1.54, 1.807) is 0 Å². The number of aromatic amines is 1. The average Bonchev–Trinajstić information content (AvgIpc) is 2.71. The Kier molecular flexibility index (Phi) is 6.49. The molecular weight excluding hydrogens is 378 g/mol. The van der Waals surface area contributed by atoms with E-state index in [1.165, 1.54) is 47.5 Å². The number of allylic oxidation sites excluding steroid dienone is 2. The number of rotatable bonds is 6. The summed E-state index contributed by atoms with van der Waals surface area (Å²) in [7, 11) is 0. The van der Waals surface area contributed by atoms with Gasteiger partial charge in [0.25, 0.3) is 11.5 Å². The second-order valence-electron chi connectivity index (χ2n) is 6.44. The number of carbonyl (C=O) groups is 1. The van der Waals surface area contributed by atoms with Crippen LogP contribution in [0.3, 0.4) is 0 Å². The van der Waals surface area contributed by atoms with Crippen LogP contribution < -0.4 is 11.0 Å². The van der Waals surface area contributed by atoms with E-state index in [-0.39, 0.29) is 16.2 Å². The zero-order chi connectivity index (χ0) is 19.9. The normalized spacial score (nSPS) is 14.1. The lowest BCUT2D eigenvalue weighted by Gasteiger charge is -2.15. The third-order valence-electron chi connectivity index (χ3n) is 4.55.